The van der Waals surface area contributed by atoms with E-state index >= 15 is 0 Å². The summed E-state index contributed by atoms with van der Waals surface area (Å²) in [5.41, 5.74) is -0.257. The van der Waals surface area contributed by atoms with Gasteiger partial charge in [0.05, 0.1) is 11.7 Å². The maximum absolute atomic E-state index is 10.4. The molecule has 5 nitrogen and oxygen atoms in total. The van der Waals surface area contributed by atoms with Gasteiger partial charge in [-0.2, -0.15) is 5.10 Å². The number of methoxy groups -OCH3 is 2. The van der Waals surface area contributed by atoms with E-state index in [1.165, 1.54) is 14.2 Å². The Morgan fingerprint density at radius 3 is 2.37 bits per heavy atom. The monoisotopic (exact) mass is 270 g/mol. The number of rotatable bonds is 8. The van der Waals surface area contributed by atoms with Gasteiger partial charge in [0.2, 0.25) is 0 Å². The van der Waals surface area contributed by atoms with Gasteiger partial charge in [0.25, 0.3) is 0 Å². The summed E-state index contributed by atoms with van der Waals surface area (Å²) in [5, 5.41) is 14.9. The Balaban J connectivity index is 2.77. The number of aliphatic hydroxyl groups is 1. The van der Waals surface area contributed by atoms with E-state index in [1.807, 2.05) is 16.9 Å². The Hall–Kier alpha value is -0.910. The van der Waals surface area contributed by atoms with E-state index in [1.54, 1.807) is 6.92 Å². The maximum Gasteiger partial charge on any atom is 0.185 e. The van der Waals surface area contributed by atoms with Gasteiger partial charge in [-0.25, -0.2) is 0 Å². The lowest BCUT2D eigenvalue weighted by Crippen LogP contribution is -2.43. The highest BCUT2D eigenvalue weighted by Crippen LogP contribution is 2.21. The van der Waals surface area contributed by atoms with E-state index < -0.39 is 11.9 Å². The molecule has 0 bridgehead atoms. The first-order valence-corrected chi connectivity index (χ1v) is 6.80. The normalized spacial score (nSPS) is 15.2. The molecule has 5 heteroatoms. The maximum atomic E-state index is 10.4. The standard InChI is InChI=1S/C14H26N2O3/c1-6-12(7-2)16-9-8-11(15-16)10-14(3,17)13(18-4)19-5/h8-9,12-13,17H,6-7,10H2,1-5H3. The molecule has 0 radical (unpaired) electrons. The molecule has 0 aliphatic carbocycles. The third-order valence-electron chi connectivity index (χ3n) is 3.46. The number of aromatic nitrogens is 2. The molecule has 0 aliphatic heterocycles. The number of hydrogen-bond acceptors (Lipinski definition) is 4. The van der Waals surface area contributed by atoms with Crippen molar-refractivity contribution in [1.82, 2.24) is 9.78 Å². The van der Waals surface area contributed by atoms with Crippen molar-refractivity contribution in [2.24, 2.45) is 0 Å². The Morgan fingerprint density at radius 2 is 1.89 bits per heavy atom. The fourth-order valence-corrected chi connectivity index (χ4v) is 2.39. The molecule has 0 fully saturated rings. The predicted molar refractivity (Wildman–Crippen MR) is 74.0 cm³/mol. The van der Waals surface area contributed by atoms with Crippen molar-refractivity contribution in [3.05, 3.63) is 18.0 Å². The van der Waals surface area contributed by atoms with E-state index in [4.69, 9.17) is 9.47 Å². The molecule has 110 valence electrons. The minimum absolute atomic E-state index is 0.395. The molecule has 1 atom stereocenters. The molecular formula is C14H26N2O3. The molecule has 0 aromatic carbocycles. The molecule has 0 saturated carbocycles. The van der Waals surface area contributed by atoms with E-state index in [9.17, 15) is 5.11 Å². The van der Waals surface area contributed by atoms with Crippen LogP contribution in [0.1, 0.15) is 45.3 Å². The third-order valence-corrected chi connectivity index (χ3v) is 3.46. The van der Waals surface area contributed by atoms with Crippen LogP contribution in [0, 0.1) is 0 Å². The molecule has 1 heterocycles. The quantitative estimate of drug-likeness (QED) is 0.735. The van der Waals surface area contributed by atoms with Gasteiger partial charge in [-0.1, -0.05) is 13.8 Å². The molecule has 1 unspecified atom stereocenters. The smallest absolute Gasteiger partial charge is 0.185 e. The molecule has 1 N–H and O–H groups in total. The summed E-state index contributed by atoms with van der Waals surface area (Å²) in [7, 11) is 3.04. The van der Waals surface area contributed by atoms with Crippen LogP contribution in [-0.4, -0.2) is 41.0 Å². The molecule has 1 aromatic heterocycles. The molecule has 1 rings (SSSR count). The van der Waals surface area contributed by atoms with Crippen molar-refractivity contribution < 1.29 is 14.6 Å². The predicted octanol–water partition coefficient (Wildman–Crippen LogP) is 2.16. The Labute approximate surface area is 115 Å². The van der Waals surface area contributed by atoms with Gasteiger partial charge in [0.15, 0.2) is 6.29 Å². The second-order valence-electron chi connectivity index (χ2n) is 5.09. The number of hydrogen-bond donors (Lipinski definition) is 1. The molecular weight excluding hydrogens is 244 g/mol. The molecule has 0 aliphatic rings. The van der Waals surface area contributed by atoms with Crippen molar-refractivity contribution >= 4 is 0 Å². The van der Waals surface area contributed by atoms with Crippen molar-refractivity contribution in [1.29, 1.82) is 0 Å². The van der Waals surface area contributed by atoms with Crippen LogP contribution < -0.4 is 0 Å². The van der Waals surface area contributed by atoms with Crippen LogP contribution in [0.3, 0.4) is 0 Å². The van der Waals surface area contributed by atoms with Crippen LogP contribution >= 0.6 is 0 Å². The zero-order chi connectivity index (χ0) is 14.5. The van der Waals surface area contributed by atoms with Crippen LogP contribution in [0.4, 0.5) is 0 Å². The van der Waals surface area contributed by atoms with E-state index in [-0.39, 0.29) is 0 Å². The van der Waals surface area contributed by atoms with Gasteiger partial charge < -0.3 is 14.6 Å². The Morgan fingerprint density at radius 1 is 1.32 bits per heavy atom. The summed E-state index contributed by atoms with van der Waals surface area (Å²) in [5.74, 6) is 0. The number of ether oxygens (including phenoxy) is 2. The summed E-state index contributed by atoms with van der Waals surface area (Å²) in [6, 6.07) is 2.36. The molecule has 0 spiro atoms. The van der Waals surface area contributed by atoms with Crippen molar-refractivity contribution in [2.75, 3.05) is 14.2 Å². The second kappa shape index (κ2) is 7.03. The lowest BCUT2D eigenvalue weighted by Gasteiger charge is -2.29. The van der Waals surface area contributed by atoms with Gasteiger partial charge in [0.1, 0.15) is 5.60 Å². The van der Waals surface area contributed by atoms with Gasteiger partial charge in [-0.3, -0.25) is 4.68 Å². The van der Waals surface area contributed by atoms with Gasteiger partial charge in [-0.05, 0) is 25.8 Å². The van der Waals surface area contributed by atoms with Crippen molar-refractivity contribution in [3.8, 4) is 0 Å². The molecule has 19 heavy (non-hydrogen) atoms. The highest BCUT2D eigenvalue weighted by molar-refractivity contribution is 5.04. The lowest BCUT2D eigenvalue weighted by molar-refractivity contribution is -0.207. The minimum atomic E-state index is -1.10. The van der Waals surface area contributed by atoms with Crippen LogP contribution in [-0.2, 0) is 15.9 Å². The number of nitrogens with zero attached hydrogens (tertiary/aromatic N) is 2. The first-order chi connectivity index (χ1) is 8.98. The van der Waals surface area contributed by atoms with E-state index in [2.05, 4.69) is 18.9 Å². The van der Waals surface area contributed by atoms with Crippen LogP contribution in [0.25, 0.3) is 0 Å². The lowest BCUT2D eigenvalue weighted by atomic mass is 9.99. The highest BCUT2D eigenvalue weighted by Gasteiger charge is 2.33. The fraction of sp³-hybridized carbons (Fsp3) is 0.786. The first kappa shape index (κ1) is 16.1. The van der Waals surface area contributed by atoms with Crippen LogP contribution in [0.2, 0.25) is 0 Å². The second-order valence-corrected chi connectivity index (χ2v) is 5.09. The van der Waals surface area contributed by atoms with Crippen molar-refractivity contribution in [3.63, 3.8) is 0 Å². The molecule has 1 aromatic rings. The average Bonchev–Trinajstić information content (AvgIpc) is 2.79. The summed E-state index contributed by atoms with van der Waals surface area (Å²) >= 11 is 0. The van der Waals surface area contributed by atoms with Crippen LogP contribution in [0.15, 0.2) is 12.3 Å². The molecule has 0 amide bonds. The minimum Gasteiger partial charge on any atom is -0.384 e. The zero-order valence-corrected chi connectivity index (χ0v) is 12.6. The summed E-state index contributed by atoms with van der Waals surface area (Å²) in [6.45, 7) is 6.00. The fourth-order valence-electron chi connectivity index (χ4n) is 2.39. The van der Waals surface area contributed by atoms with Crippen molar-refractivity contribution in [2.45, 2.75) is 58.0 Å². The molecule has 0 saturated heterocycles. The van der Waals surface area contributed by atoms with Gasteiger partial charge in [0, 0.05) is 26.8 Å². The summed E-state index contributed by atoms with van der Waals surface area (Å²) in [4.78, 5) is 0. The van der Waals surface area contributed by atoms with Gasteiger partial charge in [-0.15, -0.1) is 0 Å². The Bertz CT molecular complexity index is 369. The van der Waals surface area contributed by atoms with Gasteiger partial charge >= 0.3 is 0 Å². The SMILES string of the molecule is CCC(CC)n1ccc(CC(C)(O)C(OC)OC)n1. The highest BCUT2D eigenvalue weighted by atomic mass is 16.7. The zero-order valence-electron chi connectivity index (χ0n) is 12.6. The Kier molecular flexibility index (Phi) is 5.97. The van der Waals surface area contributed by atoms with Crippen LogP contribution in [0.5, 0.6) is 0 Å². The summed E-state index contributed by atoms with van der Waals surface area (Å²) in [6.07, 6.45) is 3.80. The van der Waals surface area contributed by atoms with E-state index in [0.29, 0.717) is 12.5 Å². The first-order valence-electron chi connectivity index (χ1n) is 6.80. The van der Waals surface area contributed by atoms with E-state index in [0.717, 1.165) is 18.5 Å². The topological polar surface area (TPSA) is 56.5 Å². The summed E-state index contributed by atoms with van der Waals surface area (Å²) < 4.78 is 12.2. The third kappa shape index (κ3) is 4.03. The average molecular weight is 270 g/mol. The largest absolute Gasteiger partial charge is 0.384 e.